The van der Waals surface area contributed by atoms with Crippen LogP contribution in [0.4, 0.5) is 4.39 Å². The number of pyridine rings is 1. The minimum Gasteiger partial charge on any atom is -0.492 e. The Morgan fingerprint density at radius 1 is 1.56 bits per heavy atom. The Balaban J connectivity index is 2.02. The lowest BCUT2D eigenvalue weighted by Crippen LogP contribution is -2.32. The molecule has 0 bridgehead atoms. The molecule has 1 aromatic heterocycles. The predicted octanol–water partition coefficient (Wildman–Crippen LogP) is 2.88. The topological polar surface area (TPSA) is 34.1 Å². The second-order valence-electron chi connectivity index (χ2n) is 4.81. The highest BCUT2D eigenvalue weighted by Crippen LogP contribution is 2.31. The van der Waals surface area contributed by atoms with E-state index >= 15 is 0 Å². The fraction of sp³-hybridized carbons (Fsp3) is 0.643. The third-order valence-electron chi connectivity index (χ3n) is 3.27. The molecule has 1 N–H and O–H groups in total. The maximum Gasteiger partial charge on any atom is 0.137 e. The number of nitrogens with one attached hydrogen (secondary N) is 1. The van der Waals surface area contributed by atoms with Gasteiger partial charge >= 0.3 is 0 Å². The van der Waals surface area contributed by atoms with Gasteiger partial charge in [-0.2, -0.15) is 0 Å². The number of alkyl halides is 1. The van der Waals surface area contributed by atoms with E-state index in [1.807, 2.05) is 6.92 Å². The van der Waals surface area contributed by atoms with Gasteiger partial charge in [0.2, 0.25) is 0 Å². The van der Waals surface area contributed by atoms with Crippen LogP contribution in [0.25, 0.3) is 0 Å². The Morgan fingerprint density at radius 2 is 2.44 bits per heavy atom. The van der Waals surface area contributed by atoms with Crippen LogP contribution in [0.2, 0.25) is 0 Å². The average Bonchev–Trinajstić information content (AvgIpc) is 2.45. The van der Waals surface area contributed by atoms with Crippen LogP contribution >= 0.6 is 0 Å². The van der Waals surface area contributed by atoms with Crippen molar-refractivity contribution in [3.63, 3.8) is 0 Å². The second kappa shape index (κ2) is 6.69. The number of hydrogen-bond acceptors (Lipinski definition) is 3. The number of aromatic nitrogens is 1. The molecule has 3 nitrogen and oxygen atoms in total. The predicted molar refractivity (Wildman–Crippen MR) is 69.5 cm³/mol. The molecule has 2 atom stereocenters. The van der Waals surface area contributed by atoms with Crippen molar-refractivity contribution in [1.29, 1.82) is 0 Å². The first-order valence-corrected chi connectivity index (χ1v) is 6.73. The van der Waals surface area contributed by atoms with E-state index < -0.39 is 6.17 Å². The molecule has 0 amide bonds. The molecule has 2 heterocycles. The van der Waals surface area contributed by atoms with Crippen molar-refractivity contribution in [3.8, 4) is 5.75 Å². The van der Waals surface area contributed by atoms with Crippen LogP contribution in [0.5, 0.6) is 5.75 Å². The van der Waals surface area contributed by atoms with E-state index in [0.717, 1.165) is 32.4 Å². The molecule has 0 saturated carbocycles. The highest BCUT2D eigenvalue weighted by Gasteiger charge is 2.25. The third-order valence-corrected chi connectivity index (χ3v) is 3.27. The van der Waals surface area contributed by atoms with E-state index in [0.29, 0.717) is 17.9 Å². The SMILES string of the molecule is CCCOc1cncc(C(F)C2CCCNC2)c1. The van der Waals surface area contributed by atoms with Crippen LogP contribution in [-0.2, 0) is 0 Å². The van der Waals surface area contributed by atoms with Crippen LogP contribution < -0.4 is 10.1 Å². The lowest BCUT2D eigenvalue weighted by atomic mass is 9.91. The summed E-state index contributed by atoms with van der Waals surface area (Å²) >= 11 is 0. The van der Waals surface area contributed by atoms with Gasteiger partial charge in [-0.1, -0.05) is 6.92 Å². The van der Waals surface area contributed by atoms with Gasteiger partial charge in [-0.25, -0.2) is 4.39 Å². The van der Waals surface area contributed by atoms with Crippen molar-refractivity contribution in [2.24, 2.45) is 5.92 Å². The monoisotopic (exact) mass is 252 g/mol. The molecule has 2 rings (SSSR count). The van der Waals surface area contributed by atoms with Gasteiger partial charge in [0.1, 0.15) is 11.9 Å². The standard InChI is InChI=1S/C14H21FN2O/c1-2-6-18-13-7-12(9-17-10-13)14(15)11-4-3-5-16-8-11/h7,9-11,14,16H,2-6,8H2,1H3. The van der Waals surface area contributed by atoms with Crippen molar-refractivity contribution in [2.45, 2.75) is 32.4 Å². The van der Waals surface area contributed by atoms with Crippen LogP contribution in [0, 0.1) is 5.92 Å². The molecule has 1 fully saturated rings. The molecule has 2 unspecified atom stereocenters. The highest BCUT2D eigenvalue weighted by atomic mass is 19.1. The van der Waals surface area contributed by atoms with Crippen LogP contribution in [0.15, 0.2) is 18.5 Å². The Bertz CT molecular complexity index is 367. The van der Waals surface area contributed by atoms with Gasteiger partial charge in [0.05, 0.1) is 12.8 Å². The zero-order chi connectivity index (χ0) is 12.8. The third kappa shape index (κ3) is 3.42. The van der Waals surface area contributed by atoms with E-state index in [1.54, 1.807) is 18.5 Å². The van der Waals surface area contributed by atoms with Crippen molar-refractivity contribution >= 4 is 0 Å². The lowest BCUT2D eigenvalue weighted by molar-refractivity contribution is 0.193. The summed E-state index contributed by atoms with van der Waals surface area (Å²) in [6.45, 7) is 4.44. The van der Waals surface area contributed by atoms with Crippen molar-refractivity contribution < 1.29 is 9.13 Å². The summed E-state index contributed by atoms with van der Waals surface area (Å²) < 4.78 is 19.9. The van der Waals surface area contributed by atoms with Gasteiger partial charge in [0, 0.05) is 24.2 Å². The number of piperidine rings is 1. The van der Waals surface area contributed by atoms with Gasteiger partial charge in [-0.05, 0) is 31.9 Å². The van der Waals surface area contributed by atoms with Crippen molar-refractivity contribution in [1.82, 2.24) is 10.3 Å². The number of hydrogen-bond donors (Lipinski definition) is 1. The summed E-state index contributed by atoms with van der Waals surface area (Å²) in [5.41, 5.74) is 0.636. The number of halogens is 1. The maximum absolute atomic E-state index is 14.4. The molecule has 100 valence electrons. The Hall–Kier alpha value is -1.16. The molecule has 1 aromatic rings. The molecule has 1 aliphatic rings. The number of rotatable bonds is 5. The maximum atomic E-state index is 14.4. The molecule has 4 heteroatoms. The smallest absolute Gasteiger partial charge is 0.137 e. The number of nitrogens with zero attached hydrogens (tertiary/aromatic N) is 1. The lowest BCUT2D eigenvalue weighted by Gasteiger charge is -2.26. The van der Waals surface area contributed by atoms with Crippen LogP contribution in [-0.4, -0.2) is 24.7 Å². The average molecular weight is 252 g/mol. The molecular formula is C14H21FN2O. The Kier molecular flexibility index (Phi) is 4.93. The molecule has 0 spiro atoms. The van der Waals surface area contributed by atoms with Crippen molar-refractivity contribution in [3.05, 3.63) is 24.0 Å². The second-order valence-corrected chi connectivity index (χ2v) is 4.81. The summed E-state index contributed by atoms with van der Waals surface area (Å²) in [4.78, 5) is 4.07. The zero-order valence-corrected chi connectivity index (χ0v) is 10.9. The summed E-state index contributed by atoms with van der Waals surface area (Å²) in [6, 6.07) is 1.78. The first-order chi connectivity index (χ1) is 8.81. The summed E-state index contributed by atoms with van der Waals surface area (Å²) in [7, 11) is 0. The Labute approximate surface area is 108 Å². The summed E-state index contributed by atoms with van der Waals surface area (Å²) in [6.07, 6.45) is 5.23. The largest absolute Gasteiger partial charge is 0.492 e. The van der Waals surface area contributed by atoms with Crippen LogP contribution in [0.1, 0.15) is 37.9 Å². The highest BCUT2D eigenvalue weighted by molar-refractivity contribution is 5.25. The summed E-state index contributed by atoms with van der Waals surface area (Å²) in [5, 5.41) is 3.24. The van der Waals surface area contributed by atoms with E-state index in [1.165, 1.54) is 0 Å². The van der Waals surface area contributed by atoms with E-state index in [9.17, 15) is 4.39 Å². The summed E-state index contributed by atoms with van der Waals surface area (Å²) in [5.74, 6) is 0.725. The van der Waals surface area contributed by atoms with Gasteiger partial charge in [0.15, 0.2) is 0 Å². The first kappa shape index (κ1) is 13.3. The van der Waals surface area contributed by atoms with Gasteiger partial charge < -0.3 is 10.1 Å². The number of ether oxygens (including phenoxy) is 1. The van der Waals surface area contributed by atoms with Crippen molar-refractivity contribution in [2.75, 3.05) is 19.7 Å². The molecule has 0 aliphatic carbocycles. The molecule has 18 heavy (non-hydrogen) atoms. The van der Waals surface area contributed by atoms with E-state index in [2.05, 4.69) is 10.3 Å². The van der Waals surface area contributed by atoms with E-state index in [4.69, 9.17) is 4.74 Å². The molecule has 0 radical (unpaired) electrons. The minimum atomic E-state index is -0.949. The fourth-order valence-corrected chi connectivity index (χ4v) is 2.29. The first-order valence-electron chi connectivity index (χ1n) is 6.73. The molecule has 1 saturated heterocycles. The van der Waals surface area contributed by atoms with Gasteiger partial charge in [-0.3, -0.25) is 4.98 Å². The Morgan fingerprint density at radius 3 is 3.17 bits per heavy atom. The quantitative estimate of drug-likeness (QED) is 0.875. The zero-order valence-electron chi connectivity index (χ0n) is 10.9. The minimum absolute atomic E-state index is 0.0574. The van der Waals surface area contributed by atoms with Crippen LogP contribution in [0.3, 0.4) is 0 Å². The normalized spacial score (nSPS) is 21.6. The van der Waals surface area contributed by atoms with E-state index in [-0.39, 0.29) is 5.92 Å². The molecular weight excluding hydrogens is 231 g/mol. The van der Waals surface area contributed by atoms with Gasteiger partial charge in [-0.15, -0.1) is 0 Å². The van der Waals surface area contributed by atoms with Gasteiger partial charge in [0.25, 0.3) is 0 Å². The fourth-order valence-electron chi connectivity index (χ4n) is 2.29. The molecule has 0 aromatic carbocycles. The molecule has 1 aliphatic heterocycles.